The predicted octanol–water partition coefficient (Wildman–Crippen LogP) is 2.98. The fourth-order valence-corrected chi connectivity index (χ4v) is 11.5. The minimum Gasteiger partial charge on any atom is -0.297 e. The van der Waals surface area contributed by atoms with Crippen LogP contribution in [0, 0.1) is 0 Å². The summed E-state index contributed by atoms with van der Waals surface area (Å²) in [5.41, 5.74) is 0. The average Bonchev–Trinajstić information content (AvgIpc) is 2.07. The first-order valence-electron chi connectivity index (χ1n) is 4.92. The Bertz CT molecular complexity index is 122. The van der Waals surface area contributed by atoms with Crippen molar-refractivity contribution in [3.8, 4) is 0 Å². The maximum atomic E-state index is 2.68. The lowest BCUT2D eigenvalue weighted by atomic mass is 10.7. The van der Waals surface area contributed by atoms with Crippen LogP contribution in [0.3, 0.4) is 0 Å². The van der Waals surface area contributed by atoms with Gasteiger partial charge in [-0.2, -0.15) is 0 Å². The zero-order valence-corrected chi connectivity index (χ0v) is 14.3. The Balaban J connectivity index is 4.48. The SMILES string of the molecule is CCN(CC)[Si](I)(I)N(CC)CC. The number of hydrogen-bond donors (Lipinski definition) is 0. The topological polar surface area (TPSA) is 6.48 Å². The van der Waals surface area contributed by atoms with Gasteiger partial charge in [-0.05, 0) is 26.2 Å². The second kappa shape index (κ2) is 6.97. The van der Waals surface area contributed by atoms with Crippen LogP contribution >= 0.6 is 43.6 Å². The number of rotatable bonds is 6. The summed E-state index contributed by atoms with van der Waals surface area (Å²) in [7, 11) is 0. The molecule has 0 saturated heterocycles. The van der Waals surface area contributed by atoms with Crippen LogP contribution in [0.1, 0.15) is 27.7 Å². The third-order valence-electron chi connectivity index (χ3n) is 2.29. The first-order valence-corrected chi connectivity index (χ1v) is 13.0. The van der Waals surface area contributed by atoms with E-state index in [2.05, 4.69) is 80.4 Å². The zero-order chi connectivity index (χ0) is 10.5. The van der Waals surface area contributed by atoms with Gasteiger partial charge in [-0.15, -0.1) is 0 Å². The molecule has 0 fully saturated rings. The maximum absolute atomic E-state index is 2.68. The number of halogens is 2. The van der Waals surface area contributed by atoms with Crippen molar-refractivity contribution in [2.45, 2.75) is 27.7 Å². The lowest BCUT2D eigenvalue weighted by Crippen LogP contribution is -2.57. The van der Waals surface area contributed by atoms with Crippen molar-refractivity contribution in [2.24, 2.45) is 0 Å². The van der Waals surface area contributed by atoms with Gasteiger partial charge in [0.1, 0.15) is 0 Å². The Labute approximate surface area is 109 Å². The van der Waals surface area contributed by atoms with E-state index < -0.39 is 3.39 Å². The molecule has 80 valence electrons. The monoisotopic (exact) mass is 426 g/mol. The molecule has 0 N–H and O–H groups in total. The summed E-state index contributed by atoms with van der Waals surface area (Å²) in [6.07, 6.45) is 0. The summed E-state index contributed by atoms with van der Waals surface area (Å²) in [6.45, 7) is 13.7. The van der Waals surface area contributed by atoms with Crippen molar-refractivity contribution in [1.82, 2.24) is 9.13 Å². The molecular formula is C8H20I2N2Si. The van der Waals surface area contributed by atoms with E-state index in [0.717, 1.165) is 0 Å². The van der Waals surface area contributed by atoms with Gasteiger partial charge in [0.25, 0.3) is 0 Å². The van der Waals surface area contributed by atoms with Crippen molar-refractivity contribution in [3.63, 3.8) is 0 Å². The van der Waals surface area contributed by atoms with Gasteiger partial charge in [-0.25, -0.2) is 0 Å². The van der Waals surface area contributed by atoms with Gasteiger partial charge in [0.2, 0.25) is 0 Å². The van der Waals surface area contributed by atoms with E-state index in [-0.39, 0.29) is 0 Å². The van der Waals surface area contributed by atoms with E-state index in [9.17, 15) is 0 Å². The molecule has 0 aromatic carbocycles. The Kier molecular flexibility index (Phi) is 7.82. The van der Waals surface area contributed by atoms with E-state index in [1.807, 2.05) is 0 Å². The summed E-state index contributed by atoms with van der Waals surface area (Å²) >= 11 is 5.35. The summed E-state index contributed by atoms with van der Waals surface area (Å²) in [5, 5.41) is 0. The van der Waals surface area contributed by atoms with Gasteiger partial charge >= 0.3 is 3.39 Å². The molecule has 0 spiro atoms. The van der Waals surface area contributed by atoms with Gasteiger partial charge in [0.15, 0.2) is 0 Å². The third-order valence-corrected chi connectivity index (χ3v) is 13.3. The summed E-state index contributed by atoms with van der Waals surface area (Å²) in [4.78, 5) is 0. The quantitative estimate of drug-likeness (QED) is 0.366. The smallest absolute Gasteiger partial charge is 0.297 e. The molecule has 0 radical (unpaired) electrons. The first-order chi connectivity index (χ1) is 6.04. The van der Waals surface area contributed by atoms with Crippen molar-refractivity contribution in [2.75, 3.05) is 26.2 Å². The molecule has 0 aromatic heterocycles. The Hall–Kier alpha value is 1.60. The molecule has 0 unspecified atom stereocenters. The Morgan fingerprint density at radius 2 is 1.00 bits per heavy atom. The van der Waals surface area contributed by atoms with Crippen LogP contribution in [-0.2, 0) is 0 Å². The summed E-state index contributed by atoms with van der Waals surface area (Å²) < 4.78 is 3.87. The standard InChI is InChI=1S/C8H20I2N2Si/c1-5-11(6-2)13(9,10)12(7-3)8-4/h5-8H2,1-4H3. The Morgan fingerprint density at radius 3 is 1.15 bits per heavy atom. The molecule has 5 heteroatoms. The fraction of sp³-hybridized carbons (Fsp3) is 1.00. The molecule has 0 heterocycles. The van der Waals surface area contributed by atoms with Crippen LogP contribution in [0.15, 0.2) is 0 Å². The molecular weight excluding hydrogens is 406 g/mol. The van der Waals surface area contributed by atoms with Crippen LogP contribution in [0.2, 0.25) is 0 Å². The van der Waals surface area contributed by atoms with Crippen LogP contribution in [0.25, 0.3) is 0 Å². The van der Waals surface area contributed by atoms with E-state index in [4.69, 9.17) is 0 Å². The summed E-state index contributed by atoms with van der Waals surface area (Å²) in [5.74, 6) is 0. The third kappa shape index (κ3) is 3.92. The first kappa shape index (κ1) is 14.6. The Morgan fingerprint density at radius 1 is 0.769 bits per heavy atom. The predicted molar refractivity (Wildman–Crippen MR) is 79.6 cm³/mol. The molecule has 0 atom stereocenters. The van der Waals surface area contributed by atoms with E-state index in [1.54, 1.807) is 0 Å². The van der Waals surface area contributed by atoms with Gasteiger partial charge in [0.05, 0.1) is 0 Å². The summed E-state index contributed by atoms with van der Waals surface area (Å²) in [6, 6.07) is 0. The van der Waals surface area contributed by atoms with Gasteiger partial charge in [0, 0.05) is 0 Å². The van der Waals surface area contributed by atoms with Gasteiger partial charge in [-0.1, -0.05) is 71.3 Å². The number of nitrogens with zero attached hydrogens (tertiary/aromatic N) is 2. The highest BCUT2D eigenvalue weighted by atomic mass is 127. The van der Waals surface area contributed by atoms with Crippen LogP contribution in [0.4, 0.5) is 0 Å². The van der Waals surface area contributed by atoms with Crippen molar-refractivity contribution in [3.05, 3.63) is 0 Å². The lowest BCUT2D eigenvalue weighted by molar-refractivity contribution is 0.395. The second-order valence-electron chi connectivity index (χ2n) is 2.85. The molecule has 2 nitrogen and oxygen atoms in total. The highest BCUT2D eigenvalue weighted by Crippen LogP contribution is 2.29. The second-order valence-corrected chi connectivity index (χ2v) is 20.4. The van der Waals surface area contributed by atoms with Crippen molar-refractivity contribution >= 4 is 47.0 Å². The maximum Gasteiger partial charge on any atom is 0.343 e. The molecule has 0 saturated carbocycles. The molecule has 0 aliphatic heterocycles. The molecule has 0 aromatic rings. The largest absolute Gasteiger partial charge is 0.343 e. The molecule has 0 amide bonds. The fourth-order valence-electron chi connectivity index (χ4n) is 1.41. The van der Waals surface area contributed by atoms with E-state index >= 15 is 0 Å². The van der Waals surface area contributed by atoms with Crippen LogP contribution in [-0.4, -0.2) is 38.7 Å². The van der Waals surface area contributed by atoms with Crippen molar-refractivity contribution in [1.29, 1.82) is 0 Å². The van der Waals surface area contributed by atoms with Gasteiger partial charge in [-0.3, -0.25) is 9.13 Å². The van der Waals surface area contributed by atoms with Gasteiger partial charge < -0.3 is 0 Å². The normalized spacial score (nSPS) is 12.9. The van der Waals surface area contributed by atoms with Crippen molar-refractivity contribution < 1.29 is 0 Å². The molecule has 0 bridgehead atoms. The molecule has 13 heavy (non-hydrogen) atoms. The molecule has 0 aliphatic carbocycles. The average molecular weight is 426 g/mol. The molecule has 0 rings (SSSR count). The van der Waals surface area contributed by atoms with Crippen LogP contribution < -0.4 is 0 Å². The highest BCUT2D eigenvalue weighted by molar-refractivity contribution is 14.3. The van der Waals surface area contributed by atoms with Crippen LogP contribution in [0.5, 0.6) is 0 Å². The molecule has 0 aliphatic rings. The van der Waals surface area contributed by atoms with E-state index in [0.29, 0.717) is 0 Å². The van der Waals surface area contributed by atoms with E-state index in [1.165, 1.54) is 26.2 Å². The zero-order valence-electron chi connectivity index (χ0n) is 8.98. The lowest BCUT2D eigenvalue weighted by Gasteiger charge is -2.39. The highest BCUT2D eigenvalue weighted by Gasteiger charge is 2.38. The minimum absolute atomic E-state index is 1.17. The number of hydrogen-bond acceptors (Lipinski definition) is 2. The minimum atomic E-state index is -1.36.